The summed E-state index contributed by atoms with van der Waals surface area (Å²) in [6.07, 6.45) is -0.192. The van der Waals surface area contributed by atoms with Crippen molar-refractivity contribution in [2.75, 3.05) is 6.61 Å². The molecule has 1 aromatic heterocycles. The molecule has 4 aromatic carbocycles. The van der Waals surface area contributed by atoms with E-state index in [4.69, 9.17) is 14.2 Å². The Morgan fingerprint density at radius 3 is 2.02 bits per heavy atom. The van der Waals surface area contributed by atoms with Crippen LogP contribution in [0.5, 0.6) is 11.5 Å². The minimum Gasteiger partial charge on any atom is -0.478 e. The minimum atomic E-state index is -1.03. The second-order valence-corrected chi connectivity index (χ2v) is 9.74. The van der Waals surface area contributed by atoms with Crippen molar-refractivity contribution in [3.05, 3.63) is 137 Å². The zero-order valence-electron chi connectivity index (χ0n) is 23.0. The van der Waals surface area contributed by atoms with Crippen molar-refractivity contribution in [1.82, 2.24) is 9.88 Å². The van der Waals surface area contributed by atoms with Crippen LogP contribution < -0.4 is 9.47 Å². The van der Waals surface area contributed by atoms with Crippen molar-refractivity contribution in [3.63, 3.8) is 0 Å². The SMILES string of the molecule is CCOC(=O)Oc1c2c(c(OC(c3ccccc3)c3ccccc3)c3ncccc13)C(=O)N(Cc1ccc(F)cc1)C2=O. The van der Waals surface area contributed by atoms with Gasteiger partial charge < -0.3 is 14.2 Å². The van der Waals surface area contributed by atoms with Gasteiger partial charge in [-0.25, -0.2) is 9.18 Å². The van der Waals surface area contributed by atoms with Crippen molar-refractivity contribution in [3.8, 4) is 11.5 Å². The van der Waals surface area contributed by atoms with E-state index in [1.54, 1.807) is 19.1 Å². The first-order valence-corrected chi connectivity index (χ1v) is 13.6. The fourth-order valence-electron chi connectivity index (χ4n) is 5.09. The van der Waals surface area contributed by atoms with E-state index in [0.717, 1.165) is 16.0 Å². The fraction of sp³-hybridized carbons (Fsp3) is 0.118. The van der Waals surface area contributed by atoms with E-state index in [-0.39, 0.29) is 46.7 Å². The lowest BCUT2D eigenvalue weighted by molar-refractivity contribution is 0.0640. The van der Waals surface area contributed by atoms with Crippen LogP contribution in [0.1, 0.15) is 50.4 Å². The first-order chi connectivity index (χ1) is 21.0. The third-order valence-electron chi connectivity index (χ3n) is 7.03. The Balaban J connectivity index is 1.56. The molecule has 0 spiro atoms. The number of benzene rings is 4. The zero-order valence-corrected chi connectivity index (χ0v) is 23.0. The maximum atomic E-state index is 14.1. The highest BCUT2D eigenvalue weighted by Gasteiger charge is 2.44. The van der Waals surface area contributed by atoms with Crippen LogP contribution in [0.4, 0.5) is 9.18 Å². The van der Waals surface area contributed by atoms with E-state index in [2.05, 4.69) is 4.98 Å². The van der Waals surface area contributed by atoms with E-state index < -0.39 is 29.9 Å². The highest BCUT2D eigenvalue weighted by atomic mass is 19.1. The summed E-state index contributed by atoms with van der Waals surface area (Å²) in [6, 6.07) is 27.6. The average Bonchev–Trinajstić information content (AvgIpc) is 3.27. The third-order valence-corrected chi connectivity index (χ3v) is 7.03. The van der Waals surface area contributed by atoms with Crippen molar-refractivity contribution in [1.29, 1.82) is 0 Å². The summed E-state index contributed by atoms with van der Waals surface area (Å²) in [5, 5.41) is 0.286. The molecule has 1 aliphatic heterocycles. The summed E-state index contributed by atoms with van der Waals surface area (Å²) in [7, 11) is 0. The fourth-order valence-corrected chi connectivity index (χ4v) is 5.09. The third kappa shape index (κ3) is 5.28. The molecule has 0 N–H and O–H groups in total. The quantitative estimate of drug-likeness (QED) is 0.113. The monoisotopic (exact) mass is 576 g/mol. The van der Waals surface area contributed by atoms with Crippen molar-refractivity contribution < 1.29 is 33.0 Å². The molecule has 0 saturated carbocycles. The summed E-state index contributed by atoms with van der Waals surface area (Å²) in [4.78, 5) is 46.2. The van der Waals surface area contributed by atoms with Crippen LogP contribution in [-0.2, 0) is 11.3 Å². The predicted molar refractivity (Wildman–Crippen MR) is 155 cm³/mol. The Kier molecular flexibility index (Phi) is 7.53. The van der Waals surface area contributed by atoms with Crippen LogP contribution in [0.25, 0.3) is 10.9 Å². The molecule has 2 amide bonds. The first kappa shape index (κ1) is 27.6. The van der Waals surface area contributed by atoms with E-state index in [1.165, 1.54) is 30.5 Å². The summed E-state index contributed by atoms with van der Waals surface area (Å²) in [5.74, 6) is -1.90. The number of hydrogen-bond donors (Lipinski definition) is 0. The van der Waals surface area contributed by atoms with Gasteiger partial charge in [-0.15, -0.1) is 0 Å². The maximum Gasteiger partial charge on any atom is 0.513 e. The van der Waals surface area contributed by atoms with Gasteiger partial charge in [-0.3, -0.25) is 19.5 Å². The second-order valence-electron chi connectivity index (χ2n) is 9.74. The Morgan fingerprint density at radius 2 is 1.42 bits per heavy atom. The van der Waals surface area contributed by atoms with Gasteiger partial charge in [-0.2, -0.15) is 0 Å². The Bertz CT molecular complexity index is 1790. The molecule has 0 fully saturated rings. The molecule has 1 aliphatic rings. The van der Waals surface area contributed by atoms with Crippen molar-refractivity contribution in [2.24, 2.45) is 0 Å². The standard InChI is InChI=1S/C34H25FN2O6/c1-2-41-34(40)43-30-25-14-9-19-36-28(25)31(42-29(22-10-5-3-6-11-22)23-12-7-4-8-13-23)27-26(30)32(38)37(33(27)39)20-21-15-17-24(35)18-16-21/h3-19,29H,2,20H2,1H3. The molecule has 6 rings (SSSR count). The number of fused-ring (bicyclic) bond motifs is 2. The normalized spacial score (nSPS) is 12.5. The lowest BCUT2D eigenvalue weighted by Gasteiger charge is -2.23. The molecule has 9 heteroatoms. The van der Waals surface area contributed by atoms with Gasteiger partial charge in [-0.05, 0) is 47.9 Å². The van der Waals surface area contributed by atoms with Crippen molar-refractivity contribution >= 4 is 28.9 Å². The van der Waals surface area contributed by atoms with Crippen LogP contribution in [0.2, 0.25) is 0 Å². The highest BCUT2D eigenvalue weighted by Crippen LogP contribution is 2.46. The lowest BCUT2D eigenvalue weighted by Crippen LogP contribution is -2.29. The average molecular weight is 577 g/mol. The van der Waals surface area contributed by atoms with Crippen LogP contribution in [0, 0.1) is 5.82 Å². The molecule has 214 valence electrons. The molecule has 5 aromatic rings. The van der Waals surface area contributed by atoms with Gasteiger partial charge in [0, 0.05) is 11.6 Å². The van der Waals surface area contributed by atoms with Gasteiger partial charge in [0.25, 0.3) is 11.8 Å². The Morgan fingerprint density at radius 1 is 0.814 bits per heavy atom. The van der Waals surface area contributed by atoms with Gasteiger partial charge in [0.15, 0.2) is 11.5 Å². The van der Waals surface area contributed by atoms with E-state index in [9.17, 15) is 18.8 Å². The van der Waals surface area contributed by atoms with E-state index >= 15 is 0 Å². The molecule has 0 unspecified atom stereocenters. The topological polar surface area (TPSA) is 95.0 Å². The number of pyridine rings is 1. The smallest absolute Gasteiger partial charge is 0.478 e. The highest BCUT2D eigenvalue weighted by molar-refractivity contribution is 6.27. The number of hydrogen-bond acceptors (Lipinski definition) is 7. The number of nitrogens with zero attached hydrogens (tertiary/aromatic N) is 2. The summed E-state index contributed by atoms with van der Waals surface area (Å²) >= 11 is 0. The first-order valence-electron chi connectivity index (χ1n) is 13.6. The maximum absolute atomic E-state index is 14.1. The summed E-state index contributed by atoms with van der Waals surface area (Å²) in [6.45, 7) is 1.52. The number of carbonyl (C=O) groups excluding carboxylic acids is 3. The van der Waals surface area contributed by atoms with E-state index in [0.29, 0.717) is 5.56 Å². The number of amides is 2. The van der Waals surface area contributed by atoms with Gasteiger partial charge >= 0.3 is 6.16 Å². The molecule has 0 aliphatic carbocycles. The van der Waals surface area contributed by atoms with E-state index in [1.807, 2.05) is 60.7 Å². The van der Waals surface area contributed by atoms with Gasteiger partial charge in [0.05, 0.1) is 13.2 Å². The zero-order chi connectivity index (χ0) is 29.9. The predicted octanol–water partition coefficient (Wildman–Crippen LogP) is 6.87. The van der Waals surface area contributed by atoms with Crippen LogP contribution in [0.3, 0.4) is 0 Å². The van der Waals surface area contributed by atoms with Crippen LogP contribution in [-0.4, -0.2) is 34.5 Å². The molecular weight excluding hydrogens is 551 g/mol. The van der Waals surface area contributed by atoms with Gasteiger partial charge in [0.2, 0.25) is 0 Å². The number of ether oxygens (including phenoxy) is 3. The summed E-state index contributed by atoms with van der Waals surface area (Å²) in [5.41, 5.74) is 2.13. The number of halogens is 1. The lowest BCUT2D eigenvalue weighted by atomic mass is 9.99. The Hall–Kier alpha value is -5.57. The molecule has 0 atom stereocenters. The number of imide groups is 1. The number of rotatable bonds is 8. The van der Waals surface area contributed by atoms with Crippen LogP contribution in [0.15, 0.2) is 103 Å². The molecule has 0 radical (unpaired) electrons. The minimum absolute atomic E-state index is 0.0395. The molecule has 0 saturated heterocycles. The Labute approximate surface area is 246 Å². The number of carbonyl (C=O) groups is 3. The molecule has 0 bridgehead atoms. The number of aromatic nitrogens is 1. The van der Waals surface area contributed by atoms with Crippen LogP contribution >= 0.6 is 0 Å². The largest absolute Gasteiger partial charge is 0.513 e. The van der Waals surface area contributed by atoms with Gasteiger partial charge in [0.1, 0.15) is 28.6 Å². The summed E-state index contributed by atoms with van der Waals surface area (Å²) < 4.78 is 30.9. The molecule has 8 nitrogen and oxygen atoms in total. The molecule has 43 heavy (non-hydrogen) atoms. The molecular formula is C34H25FN2O6. The molecule has 2 heterocycles. The second kappa shape index (κ2) is 11.7. The van der Waals surface area contributed by atoms with Crippen molar-refractivity contribution in [2.45, 2.75) is 19.6 Å². The van der Waals surface area contributed by atoms with Gasteiger partial charge in [-0.1, -0.05) is 72.8 Å².